The van der Waals surface area contributed by atoms with Gasteiger partial charge in [-0.05, 0) is 63.5 Å². The molecule has 3 heteroatoms. The van der Waals surface area contributed by atoms with Gasteiger partial charge in [0.05, 0.1) is 5.69 Å². The van der Waals surface area contributed by atoms with E-state index in [1.165, 1.54) is 25.0 Å². The van der Waals surface area contributed by atoms with Gasteiger partial charge < -0.3 is 5.32 Å². The van der Waals surface area contributed by atoms with Gasteiger partial charge in [0.25, 0.3) is 0 Å². The lowest BCUT2D eigenvalue weighted by Crippen LogP contribution is -2.40. The molecule has 114 valence electrons. The third-order valence-corrected chi connectivity index (χ3v) is 4.47. The first-order chi connectivity index (χ1) is 9.35. The van der Waals surface area contributed by atoms with Crippen molar-refractivity contribution in [1.29, 1.82) is 0 Å². The molecule has 1 fully saturated rings. The van der Waals surface area contributed by atoms with Crippen molar-refractivity contribution in [1.82, 2.24) is 15.1 Å². The Kier molecular flexibility index (Phi) is 4.90. The summed E-state index contributed by atoms with van der Waals surface area (Å²) < 4.78 is 2.13. The van der Waals surface area contributed by atoms with Gasteiger partial charge in [-0.2, -0.15) is 5.10 Å². The van der Waals surface area contributed by atoms with Crippen LogP contribution in [-0.2, 0) is 6.54 Å². The van der Waals surface area contributed by atoms with Gasteiger partial charge in [-0.15, -0.1) is 0 Å². The molecule has 0 spiro atoms. The third kappa shape index (κ3) is 4.34. The van der Waals surface area contributed by atoms with E-state index in [0.717, 1.165) is 31.1 Å². The van der Waals surface area contributed by atoms with Crippen molar-refractivity contribution < 1.29 is 0 Å². The summed E-state index contributed by atoms with van der Waals surface area (Å²) in [6.45, 7) is 13.5. The van der Waals surface area contributed by atoms with Crippen LogP contribution in [-0.4, -0.2) is 22.4 Å². The second-order valence-electron chi connectivity index (χ2n) is 7.57. The van der Waals surface area contributed by atoms with Gasteiger partial charge in [-0.3, -0.25) is 4.68 Å². The van der Waals surface area contributed by atoms with E-state index in [1.54, 1.807) is 0 Å². The molecule has 0 bridgehead atoms. The van der Waals surface area contributed by atoms with Crippen LogP contribution in [0.3, 0.4) is 0 Å². The third-order valence-electron chi connectivity index (χ3n) is 4.47. The fourth-order valence-corrected chi connectivity index (χ4v) is 3.94. The molecule has 1 aliphatic carbocycles. The Labute approximate surface area is 124 Å². The molecular weight excluding hydrogens is 246 g/mol. The molecule has 1 aromatic rings. The van der Waals surface area contributed by atoms with E-state index in [-0.39, 0.29) is 0 Å². The lowest BCUT2D eigenvalue weighted by molar-refractivity contribution is 0.151. The number of aromatic nitrogens is 2. The largest absolute Gasteiger partial charge is 0.314 e. The zero-order valence-electron chi connectivity index (χ0n) is 13.9. The zero-order chi connectivity index (χ0) is 14.8. The van der Waals surface area contributed by atoms with E-state index >= 15 is 0 Å². The molecule has 2 atom stereocenters. The summed E-state index contributed by atoms with van der Waals surface area (Å²) in [6.07, 6.45) is 5.19. The summed E-state index contributed by atoms with van der Waals surface area (Å²) in [5.74, 6) is 0.854. The van der Waals surface area contributed by atoms with Crippen LogP contribution in [0.25, 0.3) is 0 Å². The Bertz CT molecular complexity index is 433. The molecule has 2 unspecified atom stereocenters. The van der Waals surface area contributed by atoms with E-state index in [9.17, 15) is 0 Å². The second kappa shape index (κ2) is 6.30. The Morgan fingerprint density at radius 2 is 2.10 bits per heavy atom. The van der Waals surface area contributed by atoms with Gasteiger partial charge >= 0.3 is 0 Å². The zero-order valence-corrected chi connectivity index (χ0v) is 13.9. The van der Waals surface area contributed by atoms with Crippen LogP contribution in [0.4, 0.5) is 0 Å². The van der Waals surface area contributed by atoms with Crippen molar-refractivity contribution in [2.45, 2.75) is 72.9 Å². The van der Waals surface area contributed by atoms with E-state index in [0.29, 0.717) is 11.5 Å². The number of hydrogen-bond donors (Lipinski definition) is 1. The molecule has 0 radical (unpaired) electrons. The molecule has 0 saturated heterocycles. The maximum Gasteiger partial charge on any atom is 0.0596 e. The second-order valence-corrected chi connectivity index (χ2v) is 7.57. The molecule has 0 amide bonds. The number of rotatable bonds is 5. The van der Waals surface area contributed by atoms with Crippen LogP contribution >= 0.6 is 0 Å². The van der Waals surface area contributed by atoms with E-state index in [4.69, 9.17) is 0 Å². The highest BCUT2D eigenvalue weighted by Gasteiger charge is 2.31. The highest BCUT2D eigenvalue weighted by Crippen LogP contribution is 2.38. The Hall–Kier alpha value is -0.830. The van der Waals surface area contributed by atoms with Gasteiger partial charge in [0.2, 0.25) is 0 Å². The lowest BCUT2D eigenvalue weighted by atomic mass is 9.70. The van der Waals surface area contributed by atoms with E-state index < -0.39 is 0 Å². The molecule has 1 heterocycles. The predicted octanol–water partition coefficient (Wildman–Crippen LogP) is 3.69. The number of nitrogens with one attached hydrogen (secondary N) is 1. The summed E-state index contributed by atoms with van der Waals surface area (Å²) in [5, 5.41) is 8.28. The summed E-state index contributed by atoms with van der Waals surface area (Å²) in [6, 6.07) is 2.85. The quantitative estimate of drug-likeness (QED) is 0.832. The molecule has 3 nitrogen and oxygen atoms in total. The molecule has 1 aromatic heterocycles. The maximum atomic E-state index is 4.52. The van der Waals surface area contributed by atoms with Crippen molar-refractivity contribution in [3.05, 3.63) is 17.5 Å². The van der Waals surface area contributed by atoms with Gasteiger partial charge in [-0.25, -0.2) is 0 Å². The standard InChI is InChI=1S/C17H31N3/c1-13-9-16(12-17(4,5)11-13)18-7-6-8-20-15(3)10-14(2)19-20/h10,13,16,18H,6-9,11-12H2,1-5H3. The van der Waals surface area contributed by atoms with Crippen molar-refractivity contribution >= 4 is 0 Å². The van der Waals surface area contributed by atoms with Crippen LogP contribution in [0.2, 0.25) is 0 Å². The molecule has 2 rings (SSSR count). The molecule has 1 saturated carbocycles. The first-order valence-corrected chi connectivity index (χ1v) is 8.10. The lowest BCUT2D eigenvalue weighted by Gasteiger charge is -2.39. The summed E-state index contributed by atoms with van der Waals surface area (Å²) in [5.41, 5.74) is 2.90. The first kappa shape index (κ1) is 15.6. The molecule has 1 aliphatic rings. The Morgan fingerprint density at radius 3 is 2.70 bits per heavy atom. The molecule has 1 N–H and O–H groups in total. The van der Waals surface area contributed by atoms with E-state index in [2.05, 4.69) is 55.8 Å². The fourth-order valence-electron chi connectivity index (χ4n) is 3.94. The smallest absolute Gasteiger partial charge is 0.0596 e. The summed E-state index contributed by atoms with van der Waals surface area (Å²) in [4.78, 5) is 0. The minimum absolute atomic E-state index is 0.505. The minimum atomic E-state index is 0.505. The summed E-state index contributed by atoms with van der Waals surface area (Å²) >= 11 is 0. The van der Waals surface area contributed by atoms with Gasteiger partial charge in [0.1, 0.15) is 0 Å². The number of nitrogens with zero attached hydrogens (tertiary/aromatic N) is 2. The fraction of sp³-hybridized carbons (Fsp3) is 0.824. The monoisotopic (exact) mass is 277 g/mol. The topological polar surface area (TPSA) is 29.9 Å². The highest BCUT2D eigenvalue weighted by atomic mass is 15.3. The van der Waals surface area contributed by atoms with E-state index in [1.807, 2.05) is 0 Å². The van der Waals surface area contributed by atoms with Crippen molar-refractivity contribution in [2.75, 3.05) is 6.54 Å². The van der Waals surface area contributed by atoms with Gasteiger partial charge in [0, 0.05) is 18.3 Å². The van der Waals surface area contributed by atoms with Gasteiger partial charge in [-0.1, -0.05) is 20.8 Å². The molecule has 0 aliphatic heterocycles. The molecule has 0 aromatic carbocycles. The van der Waals surface area contributed by atoms with Crippen LogP contribution in [0.5, 0.6) is 0 Å². The average molecular weight is 277 g/mol. The van der Waals surface area contributed by atoms with Crippen LogP contribution in [0.1, 0.15) is 57.8 Å². The van der Waals surface area contributed by atoms with Crippen LogP contribution in [0.15, 0.2) is 6.07 Å². The van der Waals surface area contributed by atoms with Crippen molar-refractivity contribution in [3.8, 4) is 0 Å². The van der Waals surface area contributed by atoms with Gasteiger partial charge in [0.15, 0.2) is 0 Å². The number of hydrogen-bond acceptors (Lipinski definition) is 2. The number of aryl methyl sites for hydroxylation is 3. The summed E-state index contributed by atoms with van der Waals surface area (Å²) in [7, 11) is 0. The average Bonchev–Trinajstić information content (AvgIpc) is 2.61. The SMILES string of the molecule is Cc1cc(C)n(CCCNC2CC(C)CC(C)(C)C2)n1. The predicted molar refractivity (Wildman–Crippen MR) is 84.9 cm³/mol. The Morgan fingerprint density at radius 1 is 1.35 bits per heavy atom. The molecular formula is C17H31N3. The normalized spacial score (nSPS) is 25.9. The Balaban J connectivity index is 1.72. The molecule has 20 heavy (non-hydrogen) atoms. The maximum absolute atomic E-state index is 4.52. The first-order valence-electron chi connectivity index (χ1n) is 8.10. The van der Waals surface area contributed by atoms with Crippen molar-refractivity contribution in [3.63, 3.8) is 0 Å². The van der Waals surface area contributed by atoms with Crippen LogP contribution < -0.4 is 5.32 Å². The van der Waals surface area contributed by atoms with Crippen LogP contribution in [0, 0.1) is 25.2 Å². The highest BCUT2D eigenvalue weighted by molar-refractivity contribution is 5.06. The van der Waals surface area contributed by atoms with Crippen molar-refractivity contribution in [2.24, 2.45) is 11.3 Å². The minimum Gasteiger partial charge on any atom is -0.314 e.